The number of carbonyl (C=O) groups excluding carboxylic acids is 1. The zero-order valence-electron chi connectivity index (χ0n) is 10.9. The van der Waals surface area contributed by atoms with Gasteiger partial charge in [0.15, 0.2) is 0 Å². The van der Waals surface area contributed by atoms with Crippen molar-refractivity contribution < 1.29 is 9.53 Å². The Morgan fingerprint density at radius 3 is 2.95 bits per heavy atom. The predicted octanol–water partition coefficient (Wildman–Crippen LogP) is 3.08. The van der Waals surface area contributed by atoms with E-state index in [0.717, 1.165) is 0 Å². The molecule has 2 aromatic rings. The summed E-state index contributed by atoms with van der Waals surface area (Å²) in [5.74, 6) is 0.150. The van der Waals surface area contributed by atoms with Gasteiger partial charge in [0.05, 0.1) is 6.61 Å². The maximum atomic E-state index is 12.2. The molecule has 6 heteroatoms. The van der Waals surface area contributed by atoms with Crippen LogP contribution in [0.4, 0.5) is 11.4 Å². The van der Waals surface area contributed by atoms with Crippen molar-refractivity contribution in [2.24, 2.45) is 0 Å². The highest BCUT2D eigenvalue weighted by Gasteiger charge is 2.11. The molecule has 0 atom stereocenters. The van der Waals surface area contributed by atoms with Crippen molar-refractivity contribution in [3.8, 4) is 5.88 Å². The summed E-state index contributed by atoms with van der Waals surface area (Å²) in [5, 5.41) is 2.77. The topological polar surface area (TPSA) is 77.2 Å². The van der Waals surface area contributed by atoms with Crippen LogP contribution in [0.2, 0.25) is 0 Å². The van der Waals surface area contributed by atoms with Gasteiger partial charge in [-0.25, -0.2) is 4.98 Å². The third kappa shape index (κ3) is 3.27. The Hall–Kier alpha value is -2.08. The van der Waals surface area contributed by atoms with E-state index in [9.17, 15) is 4.79 Å². The van der Waals surface area contributed by atoms with E-state index in [4.69, 9.17) is 10.5 Å². The highest BCUT2D eigenvalue weighted by molar-refractivity contribution is 9.10. The second-order valence-corrected chi connectivity index (χ2v) is 4.83. The summed E-state index contributed by atoms with van der Waals surface area (Å²) in [6, 6.07) is 8.47. The molecular weight excluding hydrogens is 322 g/mol. The molecule has 0 unspecified atom stereocenters. The first-order chi connectivity index (χ1) is 9.61. The van der Waals surface area contributed by atoms with Gasteiger partial charge in [0, 0.05) is 21.9 Å². The number of nitrogens with zero attached hydrogens (tertiary/aromatic N) is 1. The molecule has 0 aliphatic heterocycles. The third-order valence-corrected chi connectivity index (χ3v) is 3.25. The van der Waals surface area contributed by atoms with Crippen molar-refractivity contribution in [2.45, 2.75) is 6.92 Å². The van der Waals surface area contributed by atoms with Gasteiger partial charge in [-0.3, -0.25) is 4.79 Å². The van der Waals surface area contributed by atoms with E-state index < -0.39 is 0 Å². The van der Waals surface area contributed by atoms with E-state index in [0.29, 0.717) is 33.9 Å². The number of halogens is 1. The average molecular weight is 336 g/mol. The largest absolute Gasteiger partial charge is 0.476 e. The molecule has 0 aliphatic rings. The van der Waals surface area contributed by atoms with Crippen molar-refractivity contribution in [2.75, 3.05) is 17.7 Å². The molecule has 104 valence electrons. The molecule has 0 saturated heterocycles. The number of pyridine rings is 1. The molecule has 2 rings (SSSR count). The first kappa shape index (κ1) is 14.3. The molecule has 0 radical (unpaired) electrons. The van der Waals surface area contributed by atoms with E-state index in [2.05, 4.69) is 26.2 Å². The number of aromatic nitrogens is 1. The molecule has 0 aliphatic carbocycles. The summed E-state index contributed by atoms with van der Waals surface area (Å²) in [7, 11) is 0. The first-order valence-electron chi connectivity index (χ1n) is 6.06. The zero-order chi connectivity index (χ0) is 14.5. The Kier molecular flexibility index (Phi) is 4.57. The summed E-state index contributed by atoms with van der Waals surface area (Å²) < 4.78 is 6.04. The molecule has 0 bridgehead atoms. The summed E-state index contributed by atoms with van der Waals surface area (Å²) in [4.78, 5) is 16.3. The fourth-order valence-corrected chi connectivity index (χ4v) is 1.98. The van der Waals surface area contributed by atoms with Crippen LogP contribution in [0, 0.1) is 0 Å². The van der Waals surface area contributed by atoms with Gasteiger partial charge in [0.2, 0.25) is 5.88 Å². The highest BCUT2D eigenvalue weighted by atomic mass is 79.9. The van der Waals surface area contributed by atoms with Crippen LogP contribution in [0.3, 0.4) is 0 Å². The number of hydrogen-bond acceptors (Lipinski definition) is 4. The minimum absolute atomic E-state index is 0.250. The first-order valence-corrected chi connectivity index (χ1v) is 6.85. The Morgan fingerprint density at radius 2 is 2.25 bits per heavy atom. The Labute approximate surface area is 125 Å². The smallest absolute Gasteiger partial charge is 0.255 e. The molecule has 1 aromatic heterocycles. The van der Waals surface area contributed by atoms with Crippen molar-refractivity contribution in [1.82, 2.24) is 4.98 Å². The number of benzene rings is 1. The molecule has 1 aromatic carbocycles. The fraction of sp³-hybridized carbons (Fsp3) is 0.143. The van der Waals surface area contributed by atoms with Crippen LogP contribution in [0.5, 0.6) is 5.88 Å². The molecule has 1 heterocycles. The van der Waals surface area contributed by atoms with Crippen LogP contribution >= 0.6 is 15.9 Å². The van der Waals surface area contributed by atoms with Gasteiger partial charge in [0.1, 0.15) is 5.69 Å². The lowest BCUT2D eigenvalue weighted by atomic mass is 10.2. The lowest BCUT2D eigenvalue weighted by Gasteiger charge is -2.10. The average Bonchev–Trinajstić information content (AvgIpc) is 2.44. The van der Waals surface area contributed by atoms with Crippen LogP contribution in [0.15, 0.2) is 41.0 Å². The molecule has 5 nitrogen and oxygen atoms in total. The third-order valence-electron chi connectivity index (χ3n) is 2.56. The van der Waals surface area contributed by atoms with E-state index in [-0.39, 0.29) is 5.91 Å². The van der Waals surface area contributed by atoms with Gasteiger partial charge in [-0.15, -0.1) is 0 Å². The maximum absolute atomic E-state index is 12.2. The van der Waals surface area contributed by atoms with Crippen LogP contribution in [0.25, 0.3) is 0 Å². The number of nitrogens with one attached hydrogen (secondary N) is 1. The molecule has 20 heavy (non-hydrogen) atoms. The molecule has 0 fully saturated rings. The number of carbonyl (C=O) groups is 1. The number of nitrogen functional groups attached to an aromatic ring is 1. The molecule has 1 amide bonds. The van der Waals surface area contributed by atoms with Gasteiger partial charge >= 0.3 is 0 Å². The number of hydrogen-bond donors (Lipinski definition) is 2. The van der Waals surface area contributed by atoms with Gasteiger partial charge in [-0.1, -0.05) is 0 Å². The lowest BCUT2D eigenvalue weighted by Crippen LogP contribution is -2.13. The quantitative estimate of drug-likeness (QED) is 0.841. The number of rotatable bonds is 4. The van der Waals surface area contributed by atoms with Crippen LogP contribution in [0.1, 0.15) is 17.3 Å². The number of amides is 1. The maximum Gasteiger partial charge on any atom is 0.255 e. The van der Waals surface area contributed by atoms with E-state index >= 15 is 0 Å². The Bertz CT molecular complexity index is 632. The molecule has 0 spiro atoms. The van der Waals surface area contributed by atoms with Crippen LogP contribution < -0.4 is 15.8 Å². The normalized spacial score (nSPS) is 10.1. The Balaban J connectivity index is 2.21. The van der Waals surface area contributed by atoms with Gasteiger partial charge in [-0.2, -0.15) is 0 Å². The second-order valence-electron chi connectivity index (χ2n) is 3.98. The number of ether oxygens (including phenoxy) is 1. The summed E-state index contributed by atoms with van der Waals surface area (Å²) in [6.45, 7) is 2.34. The van der Waals surface area contributed by atoms with Crippen molar-refractivity contribution in [1.29, 1.82) is 0 Å². The van der Waals surface area contributed by atoms with E-state index in [1.54, 1.807) is 36.5 Å². The summed E-state index contributed by atoms with van der Waals surface area (Å²) >= 11 is 3.30. The van der Waals surface area contributed by atoms with E-state index in [1.165, 1.54) is 0 Å². The van der Waals surface area contributed by atoms with Crippen molar-refractivity contribution in [3.63, 3.8) is 0 Å². The fourth-order valence-electron chi connectivity index (χ4n) is 1.60. The molecule has 3 N–H and O–H groups in total. The minimum Gasteiger partial charge on any atom is -0.476 e. The monoisotopic (exact) mass is 335 g/mol. The highest BCUT2D eigenvalue weighted by Crippen LogP contribution is 2.23. The summed E-state index contributed by atoms with van der Waals surface area (Å²) in [5.41, 5.74) is 7.31. The van der Waals surface area contributed by atoms with Gasteiger partial charge < -0.3 is 15.8 Å². The standard InChI is InChI=1S/C14H14BrN3O2/c1-2-20-14-12(4-3-7-17-14)18-13(19)9-5-6-11(16)10(15)8-9/h3-8H,2,16H2,1H3,(H,18,19). The molecular formula is C14H14BrN3O2. The van der Waals surface area contributed by atoms with Gasteiger partial charge in [-0.05, 0) is 53.2 Å². The lowest BCUT2D eigenvalue weighted by molar-refractivity contribution is 0.102. The van der Waals surface area contributed by atoms with Gasteiger partial charge in [0.25, 0.3) is 5.91 Å². The zero-order valence-corrected chi connectivity index (χ0v) is 12.5. The SMILES string of the molecule is CCOc1ncccc1NC(=O)c1ccc(N)c(Br)c1. The molecule has 0 saturated carbocycles. The number of anilines is 2. The van der Waals surface area contributed by atoms with Crippen molar-refractivity contribution >= 4 is 33.2 Å². The van der Waals surface area contributed by atoms with E-state index in [1.807, 2.05) is 6.92 Å². The van der Waals surface area contributed by atoms with Crippen LogP contribution in [-0.2, 0) is 0 Å². The summed E-state index contributed by atoms with van der Waals surface area (Å²) in [6.07, 6.45) is 1.61. The number of nitrogens with two attached hydrogens (primary N) is 1. The van der Waals surface area contributed by atoms with Crippen LogP contribution in [-0.4, -0.2) is 17.5 Å². The van der Waals surface area contributed by atoms with Crippen molar-refractivity contribution in [3.05, 3.63) is 46.6 Å². The minimum atomic E-state index is -0.250. The Morgan fingerprint density at radius 1 is 1.45 bits per heavy atom. The predicted molar refractivity (Wildman–Crippen MR) is 81.9 cm³/mol. The second kappa shape index (κ2) is 6.38.